The molecule has 0 saturated heterocycles. The number of rotatable bonds is 0. The lowest BCUT2D eigenvalue weighted by Gasteiger charge is -2.38. The van der Waals surface area contributed by atoms with Crippen LogP contribution in [-0.4, -0.2) is 5.54 Å². The van der Waals surface area contributed by atoms with Crippen LogP contribution in [0.25, 0.3) is 0 Å². The minimum atomic E-state index is 0.230. The fourth-order valence-corrected chi connectivity index (χ4v) is 2.65. The lowest BCUT2D eigenvalue weighted by molar-refractivity contribution is 0.454. The second-order valence-electron chi connectivity index (χ2n) is 5.64. The van der Waals surface area contributed by atoms with Gasteiger partial charge in [0, 0.05) is 11.2 Å². The zero-order valence-corrected chi connectivity index (χ0v) is 10.4. The predicted octanol–water partition coefficient (Wildman–Crippen LogP) is 4.00. The summed E-state index contributed by atoms with van der Waals surface area (Å²) in [5, 5.41) is 3.63. The first-order valence-corrected chi connectivity index (χ1v) is 5.78. The van der Waals surface area contributed by atoms with E-state index >= 15 is 0 Å². The van der Waals surface area contributed by atoms with Gasteiger partial charge in [-0.2, -0.15) is 0 Å². The standard InChI is InChI=1S/C14H21N/c1-9-6-12-11(3)8-14(4,5)15-13(12)7-10(9)2/h6-7,11,15H,8H2,1-5H3. The Bertz CT molecular complexity index is 391. The lowest BCUT2D eigenvalue weighted by Crippen LogP contribution is -2.36. The van der Waals surface area contributed by atoms with Gasteiger partial charge < -0.3 is 5.32 Å². The van der Waals surface area contributed by atoms with Crippen molar-refractivity contribution in [2.24, 2.45) is 0 Å². The van der Waals surface area contributed by atoms with Crippen LogP contribution >= 0.6 is 0 Å². The van der Waals surface area contributed by atoms with E-state index in [1.807, 2.05) is 0 Å². The van der Waals surface area contributed by atoms with E-state index in [1.165, 1.54) is 28.8 Å². The zero-order chi connectivity index (χ0) is 11.2. The zero-order valence-electron chi connectivity index (χ0n) is 10.4. The summed E-state index contributed by atoms with van der Waals surface area (Å²) in [6.07, 6.45) is 1.21. The van der Waals surface area contributed by atoms with E-state index in [0.717, 1.165) is 0 Å². The summed E-state index contributed by atoms with van der Waals surface area (Å²) in [5.41, 5.74) is 5.83. The number of aryl methyl sites for hydroxylation is 2. The molecule has 0 fully saturated rings. The van der Waals surface area contributed by atoms with Gasteiger partial charge in [-0.05, 0) is 62.8 Å². The Balaban J connectivity index is 2.51. The molecule has 1 N–H and O–H groups in total. The van der Waals surface area contributed by atoms with Crippen molar-refractivity contribution in [2.45, 2.75) is 52.5 Å². The van der Waals surface area contributed by atoms with Gasteiger partial charge in [-0.1, -0.05) is 13.0 Å². The molecule has 1 atom stereocenters. The van der Waals surface area contributed by atoms with E-state index in [0.29, 0.717) is 5.92 Å². The van der Waals surface area contributed by atoms with Crippen LogP contribution in [0, 0.1) is 13.8 Å². The van der Waals surface area contributed by atoms with E-state index in [-0.39, 0.29) is 5.54 Å². The Hall–Kier alpha value is -0.980. The molecule has 1 heterocycles. The highest BCUT2D eigenvalue weighted by atomic mass is 15.0. The summed E-state index contributed by atoms with van der Waals surface area (Å²) in [6, 6.07) is 4.64. The minimum Gasteiger partial charge on any atom is -0.380 e. The second kappa shape index (κ2) is 3.26. The molecule has 1 aromatic rings. The van der Waals surface area contributed by atoms with Crippen molar-refractivity contribution in [3.63, 3.8) is 0 Å². The molecule has 0 saturated carbocycles. The molecule has 0 amide bonds. The van der Waals surface area contributed by atoms with Crippen LogP contribution in [0.15, 0.2) is 12.1 Å². The maximum Gasteiger partial charge on any atom is 0.0382 e. The molecule has 2 rings (SSSR count). The fourth-order valence-electron chi connectivity index (χ4n) is 2.65. The predicted molar refractivity (Wildman–Crippen MR) is 66.6 cm³/mol. The van der Waals surface area contributed by atoms with Crippen LogP contribution in [-0.2, 0) is 0 Å². The average molecular weight is 203 g/mol. The van der Waals surface area contributed by atoms with Crippen LogP contribution < -0.4 is 5.32 Å². The van der Waals surface area contributed by atoms with E-state index in [9.17, 15) is 0 Å². The number of fused-ring (bicyclic) bond motifs is 1. The quantitative estimate of drug-likeness (QED) is 0.672. The monoisotopic (exact) mass is 203 g/mol. The van der Waals surface area contributed by atoms with Gasteiger partial charge in [-0.3, -0.25) is 0 Å². The molecule has 0 spiro atoms. The molecule has 1 unspecified atom stereocenters. The Morgan fingerprint density at radius 2 is 1.80 bits per heavy atom. The number of anilines is 1. The van der Waals surface area contributed by atoms with Crippen molar-refractivity contribution in [3.8, 4) is 0 Å². The molecule has 1 aromatic carbocycles. The van der Waals surface area contributed by atoms with Crippen LogP contribution in [0.1, 0.15) is 49.8 Å². The van der Waals surface area contributed by atoms with Crippen molar-refractivity contribution in [2.75, 3.05) is 5.32 Å². The third-order valence-electron chi connectivity index (χ3n) is 3.49. The molecule has 0 aromatic heterocycles. The van der Waals surface area contributed by atoms with Gasteiger partial charge in [0.1, 0.15) is 0 Å². The van der Waals surface area contributed by atoms with Crippen molar-refractivity contribution < 1.29 is 0 Å². The molecular formula is C14H21N. The summed E-state index contributed by atoms with van der Waals surface area (Å²) >= 11 is 0. The highest BCUT2D eigenvalue weighted by Gasteiger charge is 2.29. The van der Waals surface area contributed by atoms with Crippen LogP contribution in [0.5, 0.6) is 0 Å². The minimum absolute atomic E-state index is 0.230. The maximum absolute atomic E-state index is 3.63. The number of benzene rings is 1. The van der Waals surface area contributed by atoms with Gasteiger partial charge in [0.2, 0.25) is 0 Å². The second-order valence-corrected chi connectivity index (χ2v) is 5.64. The highest BCUT2D eigenvalue weighted by Crippen LogP contribution is 2.39. The molecule has 0 aliphatic carbocycles. The summed E-state index contributed by atoms with van der Waals surface area (Å²) in [5.74, 6) is 0.663. The van der Waals surface area contributed by atoms with Gasteiger partial charge in [0.15, 0.2) is 0 Å². The van der Waals surface area contributed by atoms with Crippen molar-refractivity contribution in [1.29, 1.82) is 0 Å². The summed E-state index contributed by atoms with van der Waals surface area (Å²) < 4.78 is 0. The van der Waals surface area contributed by atoms with Gasteiger partial charge in [-0.15, -0.1) is 0 Å². The van der Waals surface area contributed by atoms with Gasteiger partial charge in [-0.25, -0.2) is 0 Å². The smallest absolute Gasteiger partial charge is 0.0382 e. The Morgan fingerprint density at radius 1 is 1.20 bits per heavy atom. The topological polar surface area (TPSA) is 12.0 Å². The largest absolute Gasteiger partial charge is 0.380 e. The molecule has 15 heavy (non-hydrogen) atoms. The average Bonchev–Trinajstić information content (AvgIpc) is 2.07. The number of nitrogens with one attached hydrogen (secondary N) is 1. The van der Waals surface area contributed by atoms with Crippen molar-refractivity contribution in [1.82, 2.24) is 0 Å². The molecular weight excluding hydrogens is 182 g/mol. The first-order chi connectivity index (χ1) is 6.89. The summed E-state index contributed by atoms with van der Waals surface area (Å²) in [6.45, 7) is 11.3. The molecule has 1 aliphatic rings. The normalized spacial score (nSPS) is 23.1. The van der Waals surface area contributed by atoms with E-state index in [4.69, 9.17) is 0 Å². The molecule has 1 heteroatoms. The molecule has 82 valence electrons. The Morgan fingerprint density at radius 3 is 2.47 bits per heavy atom. The van der Waals surface area contributed by atoms with Crippen molar-refractivity contribution >= 4 is 5.69 Å². The molecule has 0 radical (unpaired) electrons. The van der Waals surface area contributed by atoms with Crippen LogP contribution in [0.4, 0.5) is 5.69 Å². The lowest BCUT2D eigenvalue weighted by atomic mass is 9.81. The molecule has 0 bridgehead atoms. The van der Waals surface area contributed by atoms with Crippen molar-refractivity contribution in [3.05, 3.63) is 28.8 Å². The first-order valence-electron chi connectivity index (χ1n) is 5.78. The SMILES string of the molecule is Cc1cc2c(cc1C)C(C)CC(C)(C)N2. The molecule has 1 nitrogen and oxygen atoms in total. The third-order valence-corrected chi connectivity index (χ3v) is 3.49. The fraction of sp³-hybridized carbons (Fsp3) is 0.571. The first kappa shape index (κ1) is 10.5. The Labute approximate surface area is 92.9 Å². The van der Waals surface area contributed by atoms with E-state index in [1.54, 1.807) is 0 Å². The van der Waals surface area contributed by atoms with Gasteiger partial charge in [0.25, 0.3) is 0 Å². The van der Waals surface area contributed by atoms with E-state index < -0.39 is 0 Å². The molecule has 1 aliphatic heterocycles. The summed E-state index contributed by atoms with van der Waals surface area (Å²) in [4.78, 5) is 0. The highest BCUT2D eigenvalue weighted by molar-refractivity contribution is 5.60. The Kier molecular flexibility index (Phi) is 2.29. The van der Waals surface area contributed by atoms with Crippen LogP contribution in [0.3, 0.4) is 0 Å². The maximum atomic E-state index is 3.63. The number of hydrogen-bond acceptors (Lipinski definition) is 1. The van der Waals surface area contributed by atoms with Crippen LogP contribution in [0.2, 0.25) is 0 Å². The third kappa shape index (κ3) is 1.88. The van der Waals surface area contributed by atoms with Gasteiger partial charge in [0.05, 0.1) is 0 Å². The number of hydrogen-bond donors (Lipinski definition) is 1. The van der Waals surface area contributed by atoms with Gasteiger partial charge >= 0.3 is 0 Å². The summed E-state index contributed by atoms with van der Waals surface area (Å²) in [7, 11) is 0. The van der Waals surface area contributed by atoms with E-state index in [2.05, 4.69) is 52.1 Å².